The molecule has 3 rings (SSSR count). The first-order chi connectivity index (χ1) is 12.0. The quantitative estimate of drug-likeness (QED) is 0.497. The zero-order valence-electron chi connectivity index (χ0n) is 13.3. The van der Waals surface area contributed by atoms with Gasteiger partial charge in [0.1, 0.15) is 5.69 Å². The van der Waals surface area contributed by atoms with Gasteiger partial charge in [-0.25, -0.2) is 0 Å². The molecule has 1 amide bonds. The lowest BCUT2D eigenvalue weighted by Crippen LogP contribution is -2.27. The molecule has 1 saturated heterocycles. The summed E-state index contributed by atoms with van der Waals surface area (Å²) in [6, 6.07) is 3.59. The number of pyridine rings is 1. The zero-order valence-corrected chi connectivity index (χ0v) is 13.3. The fourth-order valence-corrected chi connectivity index (χ4v) is 2.77. The largest absolute Gasteiger partial charge is 0.356 e. The van der Waals surface area contributed by atoms with Gasteiger partial charge in [0.2, 0.25) is 0 Å². The number of nitrogens with one attached hydrogen (secondary N) is 1. The van der Waals surface area contributed by atoms with Crippen molar-refractivity contribution in [1.29, 1.82) is 0 Å². The third-order valence-corrected chi connectivity index (χ3v) is 4.12. The lowest BCUT2D eigenvalue weighted by molar-refractivity contribution is -0.385. The van der Waals surface area contributed by atoms with Crippen LogP contribution in [-0.4, -0.2) is 44.2 Å². The fraction of sp³-hybridized carbons (Fsp3) is 0.312. The Morgan fingerprint density at radius 3 is 2.64 bits per heavy atom. The van der Waals surface area contributed by atoms with Gasteiger partial charge in [-0.15, -0.1) is 0 Å². The number of amides is 1. The minimum atomic E-state index is -0.635. The molecule has 0 bridgehead atoms. The van der Waals surface area contributed by atoms with Gasteiger partial charge in [-0.3, -0.25) is 24.5 Å². The van der Waals surface area contributed by atoms with Gasteiger partial charge in [0, 0.05) is 37.0 Å². The Hall–Kier alpha value is -3.23. The molecule has 25 heavy (non-hydrogen) atoms. The van der Waals surface area contributed by atoms with E-state index in [2.05, 4.69) is 4.98 Å². The van der Waals surface area contributed by atoms with Crippen molar-refractivity contribution in [2.45, 2.75) is 19.4 Å². The SMILES string of the molecule is O=C(Cn1cc([N+](=O)[O-])ccc1=O)c1c[nH]c(C(=O)N2CCCC2)c1. The van der Waals surface area contributed by atoms with Crippen LogP contribution in [0.15, 0.2) is 35.4 Å². The first-order valence-corrected chi connectivity index (χ1v) is 7.81. The normalized spacial score (nSPS) is 13.8. The highest BCUT2D eigenvalue weighted by Gasteiger charge is 2.22. The molecule has 9 heteroatoms. The molecular formula is C16H16N4O5. The van der Waals surface area contributed by atoms with Gasteiger partial charge in [0.25, 0.3) is 17.2 Å². The standard InChI is InChI=1S/C16H16N4O5/c21-14(10-19-9-12(20(24)25)3-4-15(19)22)11-7-13(17-8-11)16(23)18-5-1-2-6-18/h3-4,7-9,17H,1-2,5-6,10H2. The maximum atomic E-state index is 12.3. The van der Waals surface area contributed by atoms with Gasteiger partial charge in [-0.2, -0.15) is 0 Å². The van der Waals surface area contributed by atoms with Crippen molar-refractivity contribution in [3.63, 3.8) is 0 Å². The minimum absolute atomic E-state index is 0.163. The Morgan fingerprint density at radius 2 is 1.96 bits per heavy atom. The lowest BCUT2D eigenvalue weighted by atomic mass is 10.2. The predicted octanol–water partition coefficient (Wildman–Crippen LogP) is 1.20. The summed E-state index contributed by atoms with van der Waals surface area (Å²) in [7, 11) is 0. The van der Waals surface area contributed by atoms with Crippen molar-refractivity contribution in [3.8, 4) is 0 Å². The Labute approximate surface area is 142 Å². The van der Waals surface area contributed by atoms with E-state index in [-0.39, 0.29) is 23.7 Å². The highest BCUT2D eigenvalue weighted by molar-refractivity contribution is 6.00. The third-order valence-electron chi connectivity index (χ3n) is 4.12. The van der Waals surface area contributed by atoms with Gasteiger partial charge in [-0.05, 0) is 18.9 Å². The van der Waals surface area contributed by atoms with E-state index in [4.69, 9.17) is 0 Å². The van der Waals surface area contributed by atoms with Gasteiger partial charge in [0.05, 0.1) is 17.7 Å². The maximum Gasteiger partial charge on any atom is 0.285 e. The van der Waals surface area contributed by atoms with E-state index in [1.165, 1.54) is 12.3 Å². The maximum absolute atomic E-state index is 12.3. The Morgan fingerprint density at radius 1 is 1.24 bits per heavy atom. The number of hydrogen-bond acceptors (Lipinski definition) is 5. The summed E-state index contributed by atoms with van der Waals surface area (Å²) >= 11 is 0. The molecule has 3 heterocycles. The number of likely N-dealkylation sites (tertiary alicyclic amines) is 1. The molecule has 1 N–H and O–H groups in total. The molecule has 130 valence electrons. The molecule has 0 saturated carbocycles. The molecule has 0 radical (unpaired) electrons. The number of rotatable bonds is 5. The van der Waals surface area contributed by atoms with Crippen LogP contribution in [0.25, 0.3) is 0 Å². The van der Waals surface area contributed by atoms with Crippen LogP contribution in [0.5, 0.6) is 0 Å². The van der Waals surface area contributed by atoms with Crippen molar-refractivity contribution in [3.05, 3.63) is 62.3 Å². The summed E-state index contributed by atoms with van der Waals surface area (Å²) < 4.78 is 0.982. The first kappa shape index (κ1) is 16.6. The molecular weight excluding hydrogens is 328 g/mol. The average molecular weight is 344 g/mol. The number of aromatic nitrogens is 2. The summed E-state index contributed by atoms with van der Waals surface area (Å²) in [5, 5.41) is 10.8. The molecule has 0 aliphatic carbocycles. The van der Waals surface area contributed by atoms with Crippen LogP contribution < -0.4 is 5.56 Å². The van der Waals surface area contributed by atoms with Gasteiger partial charge < -0.3 is 14.5 Å². The van der Waals surface area contributed by atoms with Crippen LogP contribution in [0.2, 0.25) is 0 Å². The van der Waals surface area contributed by atoms with Gasteiger partial charge in [-0.1, -0.05) is 0 Å². The monoisotopic (exact) mass is 344 g/mol. The molecule has 1 aliphatic rings. The molecule has 1 aliphatic heterocycles. The number of ketones is 1. The summed E-state index contributed by atoms with van der Waals surface area (Å²) in [5.74, 6) is -0.580. The van der Waals surface area contributed by atoms with Crippen LogP contribution >= 0.6 is 0 Å². The second-order valence-corrected chi connectivity index (χ2v) is 5.84. The second-order valence-electron chi connectivity index (χ2n) is 5.84. The topological polar surface area (TPSA) is 118 Å². The molecule has 0 atom stereocenters. The molecule has 9 nitrogen and oxygen atoms in total. The first-order valence-electron chi connectivity index (χ1n) is 7.81. The van der Waals surface area contributed by atoms with Crippen LogP contribution in [0, 0.1) is 10.1 Å². The molecule has 2 aromatic rings. The lowest BCUT2D eigenvalue weighted by Gasteiger charge is -2.13. The summed E-state index contributed by atoms with van der Waals surface area (Å²) in [4.78, 5) is 51.0. The number of Topliss-reactive ketones (excluding diaryl/α,β-unsaturated/α-hetero) is 1. The van der Waals surface area contributed by atoms with Crippen molar-refractivity contribution in [2.24, 2.45) is 0 Å². The number of carbonyl (C=O) groups excluding carboxylic acids is 2. The van der Waals surface area contributed by atoms with E-state index < -0.39 is 16.3 Å². The highest BCUT2D eigenvalue weighted by atomic mass is 16.6. The minimum Gasteiger partial charge on any atom is -0.356 e. The molecule has 0 aromatic carbocycles. The number of H-pyrrole nitrogens is 1. The van der Waals surface area contributed by atoms with Crippen LogP contribution in [0.1, 0.15) is 33.7 Å². The van der Waals surface area contributed by atoms with E-state index >= 15 is 0 Å². The molecule has 2 aromatic heterocycles. The summed E-state index contributed by atoms with van der Waals surface area (Å²) in [5.41, 5.74) is -0.216. The van der Waals surface area contributed by atoms with E-state index in [0.29, 0.717) is 18.8 Å². The smallest absolute Gasteiger partial charge is 0.285 e. The number of carbonyl (C=O) groups is 2. The number of hydrogen-bond donors (Lipinski definition) is 1. The van der Waals surface area contributed by atoms with E-state index in [1.807, 2.05) is 0 Å². The van der Waals surface area contributed by atoms with Gasteiger partial charge in [0.15, 0.2) is 5.78 Å². The van der Waals surface area contributed by atoms with Crippen molar-refractivity contribution in [1.82, 2.24) is 14.5 Å². The highest BCUT2D eigenvalue weighted by Crippen LogP contribution is 2.14. The van der Waals surface area contributed by atoms with E-state index in [0.717, 1.165) is 35.7 Å². The number of nitro groups is 1. The zero-order chi connectivity index (χ0) is 18.0. The summed E-state index contributed by atoms with van der Waals surface area (Å²) in [6.45, 7) is 1.06. The third kappa shape index (κ3) is 3.49. The Balaban J connectivity index is 1.76. The van der Waals surface area contributed by atoms with E-state index in [9.17, 15) is 24.5 Å². The Kier molecular flexibility index (Phi) is 4.46. The fourth-order valence-electron chi connectivity index (χ4n) is 2.77. The average Bonchev–Trinajstić information content (AvgIpc) is 3.28. The van der Waals surface area contributed by atoms with Crippen molar-refractivity contribution >= 4 is 17.4 Å². The van der Waals surface area contributed by atoms with Crippen LogP contribution in [0.3, 0.4) is 0 Å². The van der Waals surface area contributed by atoms with Crippen LogP contribution in [0.4, 0.5) is 5.69 Å². The number of aromatic amines is 1. The predicted molar refractivity (Wildman–Crippen MR) is 87.6 cm³/mol. The second kappa shape index (κ2) is 6.71. The number of nitrogens with zero attached hydrogens (tertiary/aromatic N) is 3. The van der Waals surface area contributed by atoms with Crippen molar-refractivity contribution < 1.29 is 14.5 Å². The molecule has 0 unspecified atom stereocenters. The van der Waals surface area contributed by atoms with E-state index in [1.54, 1.807) is 4.90 Å². The molecule has 1 fully saturated rings. The van der Waals surface area contributed by atoms with Crippen molar-refractivity contribution in [2.75, 3.05) is 13.1 Å². The Bertz CT molecular complexity index is 892. The molecule has 0 spiro atoms. The summed E-state index contributed by atoms with van der Waals surface area (Å²) in [6.07, 6.45) is 4.37. The van der Waals surface area contributed by atoms with Crippen LogP contribution in [-0.2, 0) is 6.54 Å². The van der Waals surface area contributed by atoms with Gasteiger partial charge >= 0.3 is 0 Å².